The van der Waals surface area contributed by atoms with Gasteiger partial charge in [0.1, 0.15) is 0 Å². The van der Waals surface area contributed by atoms with E-state index in [4.69, 9.17) is 4.74 Å². The Morgan fingerprint density at radius 1 is 0.955 bits per heavy atom. The lowest BCUT2D eigenvalue weighted by molar-refractivity contribution is 0.225. The molecular formula is C15H21N3O4. The molecular weight excluding hydrogens is 286 g/mol. The maximum atomic E-state index is 12.3. The molecule has 0 aliphatic rings. The predicted molar refractivity (Wildman–Crippen MR) is 85.2 cm³/mol. The molecule has 0 bridgehead atoms. The Hall–Kier alpha value is -2.41. The highest BCUT2D eigenvalue weighted by molar-refractivity contribution is 4.99. The quantitative estimate of drug-likeness (QED) is 0.640. The number of aromatic nitrogens is 3. The molecule has 1 heterocycles. The van der Waals surface area contributed by atoms with Crippen molar-refractivity contribution in [1.29, 1.82) is 0 Å². The van der Waals surface area contributed by atoms with Crippen molar-refractivity contribution in [3.05, 3.63) is 68.4 Å². The standard InChI is InChI=1S/C15H21N3O4/c1-5-8-16-13(19)17(9-6-2)15(21)18(14(16)20)10-7-12(3)11-22-4/h5-7H,1-2,8-11H2,3-4H3/b12-7+. The van der Waals surface area contributed by atoms with Gasteiger partial charge in [-0.25, -0.2) is 28.1 Å². The number of ether oxygens (including phenoxy) is 1. The minimum absolute atomic E-state index is 0.0376. The molecule has 0 unspecified atom stereocenters. The number of nitrogens with zero attached hydrogens (tertiary/aromatic N) is 3. The Morgan fingerprint density at radius 3 is 1.73 bits per heavy atom. The Balaban J connectivity index is 3.49. The lowest BCUT2D eigenvalue weighted by Crippen LogP contribution is -2.54. The smallest absolute Gasteiger partial charge is 0.336 e. The third kappa shape index (κ3) is 3.82. The lowest BCUT2D eigenvalue weighted by atomic mass is 10.3. The SMILES string of the molecule is C=CCn1c(=O)n(CC=C)c(=O)n(C/C=C(\C)COC)c1=O. The summed E-state index contributed by atoms with van der Waals surface area (Å²) in [7, 11) is 1.56. The molecule has 0 N–H and O–H groups in total. The van der Waals surface area contributed by atoms with E-state index in [0.29, 0.717) is 6.61 Å². The van der Waals surface area contributed by atoms with Gasteiger partial charge in [-0.3, -0.25) is 0 Å². The molecule has 0 spiro atoms. The minimum atomic E-state index is -0.663. The minimum Gasteiger partial charge on any atom is -0.380 e. The first-order valence-corrected chi connectivity index (χ1v) is 6.78. The van der Waals surface area contributed by atoms with Gasteiger partial charge in [0.05, 0.1) is 26.2 Å². The van der Waals surface area contributed by atoms with Crippen molar-refractivity contribution in [1.82, 2.24) is 13.7 Å². The van der Waals surface area contributed by atoms with Crippen LogP contribution in [0.4, 0.5) is 0 Å². The number of methoxy groups -OCH3 is 1. The molecule has 1 aromatic rings. The van der Waals surface area contributed by atoms with Crippen LogP contribution in [0.3, 0.4) is 0 Å². The second-order valence-corrected chi connectivity index (χ2v) is 4.74. The number of hydrogen-bond donors (Lipinski definition) is 0. The van der Waals surface area contributed by atoms with Crippen LogP contribution in [-0.2, 0) is 24.4 Å². The summed E-state index contributed by atoms with van der Waals surface area (Å²) in [5.74, 6) is 0. The first-order valence-electron chi connectivity index (χ1n) is 6.78. The Labute approximate surface area is 128 Å². The van der Waals surface area contributed by atoms with Gasteiger partial charge >= 0.3 is 17.1 Å². The van der Waals surface area contributed by atoms with Crippen LogP contribution in [0.15, 0.2) is 51.3 Å². The van der Waals surface area contributed by atoms with E-state index in [1.165, 1.54) is 12.2 Å². The average molecular weight is 307 g/mol. The maximum absolute atomic E-state index is 12.3. The zero-order valence-electron chi connectivity index (χ0n) is 12.9. The normalized spacial score (nSPS) is 11.5. The third-order valence-corrected chi connectivity index (χ3v) is 3.00. The predicted octanol–water partition coefficient (Wildman–Crippen LogP) is 0.136. The molecule has 1 rings (SSSR count). The van der Waals surface area contributed by atoms with E-state index >= 15 is 0 Å². The van der Waals surface area contributed by atoms with Crippen LogP contribution in [0.5, 0.6) is 0 Å². The van der Waals surface area contributed by atoms with Gasteiger partial charge < -0.3 is 4.74 Å². The molecule has 0 aliphatic carbocycles. The molecule has 0 fully saturated rings. The van der Waals surface area contributed by atoms with E-state index in [2.05, 4.69) is 13.2 Å². The molecule has 120 valence electrons. The van der Waals surface area contributed by atoms with Crippen LogP contribution in [0.1, 0.15) is 6.92 Å². The summed E-state index contributed by atoms with van der Waals surface area (Å²) in [6.45, 7) is 9.42. The summed E-state index contributed by atoms with van der Waals surface area (Å²) in [6.07, 6.45) is 4.58. The first kappa shape index (κ1) is 17.6. The average Bonchev–Trinajstić information content (AvgIpc) is 2.48. The summed E-state index contributed by atoms with van der Waals surface area (Å²) in [6, 6.07) is 0. The largest absolute Gasteiger partial charge is 0.380 e. The zero-order valence-corrected chi connectivity index (χ0v) is 12.9. The summed E-state index contributed by atoms with van der Waals surface area (Å²) < 4.78 is 7.92. The maximum Gasteiger partial charge on any atom is 0.336 e. The van der Waals surface area contributed by atoms with E-state index in [9.17, 15) is 14.4 Å². The van der Waals surface area contributed by atoms with Crippen LogP contribution in [0.25, 0.3) is 0 Å². The lowest BCUT2D eigenvalue weighted by Gasteiger charge is -2.11. The molecule has 7 heteroatoms. The highest BCUT2D eigenvalue weighted by Crippen LogP contribution is 1.92. The molecule has 1 aromatic heterocycles. The van der Waals surface area contributed by atoms with Crippen molar-refractivity contribution < 1.29 is 4.74 Å². The highest BCUT2D eigenvalue weighted by Gasteiger charge is 2.13. The molecule has 22 heavy (non-hydrogen) atoms. The van der Waals surface area contributed by atoms with Crippen LogP contribution >= 0.6 is 0 Å². The Morgan fingerprint density at radius 2 is 1.36 bits per heavy atom. The first-order chi connectivity index (χ1) is 10.5. The van der Waals surface area contributed by atoms with E-state index < -0.39 is 17.1 Å². The van der Waals surface area contributed by atoms with Crippen LogP contribution in [0.2, 0.25) is 0 Å². The van der Waals surface area contributed by atoms with Gasteiger partial charge in [-0.15, -0.1) is 13.2 Å². The van der Waals surface area contributed by atoms with Gasteiger partial charge in [0, 0.05) is 7.11 Å². The van der Waals surface area contributed by atoms with Crippen molar-refractivity contribution in [2.45, 2.75) is 26.6 Å². The molecule has 0 saturated carbocycles. The van der Waals surface area contributed by atoms with Gasteiger partial charge in [-0.1, -0.05) is 23.8 Å². The van der Waals surface area contributed by atoms with Crippen molar-refractivity contribution in [2.75, 3.05) is 13.7 Å². The molecule has 0 saturated heterocycles. The molecule has 0 aliphatic heterocycles. The van der Waals surface area contributed by atoms with Gasteiger partial charge in [0.15, 0.2) is 0 Å². The topological polar surface area (TPSA) is 75.2 Å². The van der Waals surface area contributed by atoms with E-state index in [0.717, 1.165) is 19.3 Å². The molecule has 0 radical (unpaired) electrons. The van der Waals surface area contributed by atoms with Crippen LogP contribution < -0.4 is 17.1 Å². The monoisotopic (exact) mass is 307 g/mol. The number of hydrogen-bond acceptors (Lipinski definition) is 4. The summed E-state index contributed by atoms with van der Waals surface area (Å²) >= 11 is 0. The molecule has 7 nitrogen and oxygen atoms in total. The van der Waals surface area contributed by atoms with Crippen molar-refractivity contribution in [2.24, 2.45) is 0 Å². The van der Waals surface area contributed by atoms with Gasteiger partial charge in [-0.2, -0.15) is 0 Å². The van der Waals surface area contributed by atoms with Crippen LogP contribution in [0, 0.1) is 0 Å². The third-order valence-electron chi connectivity index (χ3n) is 3.00. The van der Waals surface area contributed by atoms with Crippen LogP contribution in [-0.4, -0.2) is 27.4 Å². The van der Waals surface area contributed by atoms with E-state index in [1.54, 1.807) is 13.2 Å². The fourth-order valence-electron chi connectivity index (χ4n) is 1.94. The van der Waals surface area contributed by atoms with Gasteiger partial charge in [-0.05, 0) is 6.92 Å². The fraction of sp³-hybridized carbons (Fsp3) is 0.400. The fourth-order valence-corrected chi connectivity index (χ4v) is 1.94. The second kappa shape index (κ2) is 8.14. The Bertz CT molecular complexity index is 701. The van der Waals surface area contributed by atoms with E-state index in [-0.39, 0.29) is 19.6 Å². The second-order valence-electron chi connectivity index (χ2n) is 4.74. The van der Waals surface area contributed by atoms with Gasteiger partial charge in [0.2, 0.25) is 0 Å². The Kier molecular flexibility index (Phi) is 6.52. The summed E-state index contributed by atoms with van der Waals surface area (Å²) in [4.78, 5) is 36.8. The summed E-state index contributed by atoms with van der Waals surface area (Å²) in [5.41, 5.74) is -1.09. The van der Waals surface area contributed by atoms with Crippen molar-refractivity contribution in [3.63, 3.8) is 0 Å². The molecule has 0 amide bonds. The van der Waals surface area contributed by atoms with Crippen molar-refractivity contribution in [3.8, 4) is 0 Å². The zero-order chi connectivity index (χ0) is 16.7. The number of rotatable bonds is 8. The van der Waals surface area contributed by atoms with Gasteiger partial charge in [0.25, 0.3) is 0 Å². The van der Waals surface area contributed by atoms with E-state index in [1.807, 2.05) is 6.92 Å². The highest BCUT2D eigenvalue weighted by atomic mass is 16.5. The molecule has 0 aromatic carbocycles. The van der Waals surface area contributed by atoms with Crippen molar-refractivity contribution >= 4 is 0 Å². The number of allylic oxidation sites excluding steroid dienone is 3. The molecule has 0 atom stereocenters. The summed E-state index contributed by atoms with van der Waals surface area (Å²) in [5, 5.41) is 0.